The van der Waals surface area contributed by atoms with Crippen LogP contribution < -0.4 is 10.5 Å². The molecule has 3 nitrogen and oxygen atoms in total. The van der Waals surface area contributed by atoms with Crippen LogP contribution in [0, 0.1) is 11.3 Å². The highest BCUT2D eigenvalue weighted by atomic mass is 16.5. The first-order valence-corrected chi connectivity index (χ1v) is 5.71. The lowest BCUT2D eigenvalue weighted by atomic mass is 9.93. The monoisotopic (exact) mass is 216 g/mol. The number of nitrogens with two attached hydrogens (primary N) is 1. The second kappa shape index (κ2) is 5.00. The van der Waals surface area contributed by atoms with Crippen molar-refractivity contribution in [2.45, 2.75) is 37.8 Å². The molecule has 2 N–H and O–H groups in total. The molecule has 2 rings (SSSR count). The van der Waals surface area contributed by atoms with E-state index in [0.717, 1.165) is 25.7 Å². The standard InChI is InChI=1S/C13H16N2O/c14-9-10-3-1-2-4-13(10)16-12-7-5-11(15)6-8-12/h1-4,11-12H,5-8,15H2/t11-,12-. The lowest BCUT2D eigenvalue weighted by Crippen LogP contribution is -2.31. The summed E-state index contributed by atoms with van der Waals surface area (Å²) in [5, 5.41) is 8.94. The van der Waals surface area contributed by atoms with Crippen molar-refractivity contribution in [3.05, 3.63) is 29.8 Å². The molecular weight excluding hydrogens is 200 g/mol. The third-order valence-electron chi connectivity index (χ3n) is 3.02. The normalized spacial score (nSPS) is 24.8. The molecule has 1 aliphatic carbocycles. The summed E-state index contributed by atoms with van der Waals surface area (Å²) in [7, 11) is 0. The number of rotatable bonds is 2. The highest BCUT2D eigenvalue weighted by Gasteiger charge is 2.20. The quantitative estimate of drug-likeness (QED) is 0.824. The van der Waals surface area contributed by atoms with Crippen LogP contribution in [0.15, 0.2) is 24.3 Å². The average molecular weight is 216 g/mol. The summed E-state index contributed by atoms with van der Waals surface area (Å²) in [5.74, 6) is 0.700. The molecule has 16 heavy (non-hydrogen) atoms. The summed E-state index contributed by atoms with van der Waals surface area (Å²) in [6, 6.07) is 9.85. The van der Waals surface area contributed by atoms with Gasteiger partial charge >= 0.3 is 0 Å². The smallest absolute Gasteiger partial charge is 0.137 e. The molecule has 0 radical (unpaired) electrons. The van der Waals surface area contributed by atoms with Gasteiger partial charge in [0, 0.05) is 6.04 Å². The molecule has 0 aromatic heterocycles. The minimum atomic E-state index is 0.217. The summed E-state index contributed by atoms with van der Waals surface area (Å²) < 4.78 is 5.85. The van der Waals surface area contributed by atoms with E-state index in [-0.39, 0.29) is 6.10 Å². The predicted molar refractivity (Wildman–Crippen MR) is 62.0 cm³/mol. The molecule has 0 amide bonds. The first-order valence-electron chi connectivity index (χ1n) is 5.71. The Kier molecular flexibility index (Phi) is 3.43. The first kappa shape index (κ1) is 11.0. The zero-order valence-electron chi connectivity index (χ0n) is 9.23. The van der Waals surface area contributed by atoms with Gasteiger partial charge in [0.1, 0.15) is 11.8 Å². The highest BCUT2D eigenvalue weighted by Crippen LogP contribution is 2.25. The van der Waals surface area contributed by atoms with Crippen molar-refractivity contribution in [3.63, 3.8) is 0 Å². The molecule has 1 aliphatic rings. The number of nitrogens with zero attached hydrogens (tertiary/aromatic N) is 1. The van der Waals surface area contributed by atoms with Crippen molar-refractivity contribution in [2.24, 2.45) is 5.73 Å². The molecule has 0 unspecified atom stereocenters. The van der Waals surface area contributed by atoms with Crippen LogP contribution in [0.1, 0.15) is 31.2 Å². The summed E-state index contributed by atoms with van der Waals surface area (Å²) >= 11 is 0. The van der Waals surface area contributed by atoms with E-state index < -0.39 is 0 Å². The van der Waals surface area contributed by atoms with E-state index in [1.807, 2.05) is 18.2 Å². The zero-order valence-corrected chi connectivity index (χ0v) is 9.23. The SMILES string of the molecule is N#Cc1ccccc1O[C@H]1CC[C@H](N)CC1. The third kappa shape index (κ3) is 2.53. The van der Waals surface area contributed by atoms with Crippen LogP contribution in [0.3, 0.4) is 0 Å². The van der Waals surface area contributed by atoms with Crippen molar-refractivity contribution < 1.29 is 4.74 Å². The zero-order chi connectivity index (χ0) is 11.4. The molecule has 0 atom stereocenters. The van der Waals surface area contributed by atoms with Gasteiger partial charge in [0.15, 0.2) is 0 Å². The fraction of sp³-hybridized carbons (Fsp3) is 0.462. The largest absolute Gasteiger partial charge is 0.489 e. The Morgan fingerprint density at radius 2 is 1.88 bits per heavy atom. The van der Waals surface area contributed by atoms with Crippen LogP contribution in [0.2, 0.25) is 0 Å². The van der Waals surface area contributed by atoms with Crippen molar-refractivity contribution >= 4 is 0 Å². The number of para-hydroxylation sites is 1. The molecule has 1 aromatic carbocycles. The van der Waals surface area contributed by atoms with Crippen LogP contribution in [0.4, 0.5) is 0 Å². The molecule has 1 fully saturated rings. The fourth-order valence-electron chi connectivity index (χ4n) is 2.05. The Morgan fingerprint density at radius 1 is 1.19 bits per heavy atom. The Balaban J connectivity index is 2.01. The molecule has 1 saturated carbocycles. The molecular formula is C13H16N2O. The van der Waals surface area contributed by atoms with Gasteiger partial charge < -0.3 is 10.5 Å². The second-order valence-electron chi connectivity index (χ2n) is 4.26. The fourth-order valence-corrected chi connectivity index (χ4v) is 2.05. The summed E-state index contributed by atoms with van der Waals surface area (Å²) in [6.45, 7) is 0. The number of benzene rings is 1. The lowest BCUT2D eigenvalue weighted by molar-refractivity contribution is 0.147. The van der Waals surface area contributed by atoms with Crippen molar-refractivity contribution in [2.75, 3.05) is 0 Å². The van der Waals surface area contributed by atoms with E-state index in [1.54, 1.807) is 6.07 Å². The molecule has 0 spiro atoms. The minimum absolute atomic E-state index is 0.217. The number of hydrogen-bond donors (Lipinski definition) is 1. The Bertz CT molecular complexity index is 389. The Labute approximate surface area is 95.8 Å². The van der Waals surface area contributed by atoms with E-state index in [0.29, 0.717) is 17.4 Å². The molecule has 84 valence electrons. The van der Waals surface area contributed by atoms with E-state index in [2.05, 4.69) is 6.07 Å². The van der Waals surface area contributed by atoms with Crippen LogP contribution in [0.25, 0.3) is 0 Å². The molecule has 3 heteroatoms. The van der Waals surface area contributed by atoms with Crippen molar-refractivity contribution in [3.8, 4) is 11.8 Å². The number of hydrogen-bond acceptors (Lipinski definition) is 3. The van der Waals surface area contributed by atoms with E-state index >= 15 is 0 Å². The van der Waals surface area contributed by atoms with Gasteiger partial charge in [-0.3, -0.25) is 0 Å². The maximum absolute atomic E-state index is 8.94. The molecule has 0 aliphatic heterocycles. The van der Waals surface area contributed by atoms with Gasteiger partial charge in [0.25, 0.3) is 0 Å². The molecule has 0 bridgehead atoms. The molecule has 0 heterocycles. The van der Waals surface area contributed by atoms with Crippen LogP contribution in [0.5, 0.6) is 5.75 Å². The second-order valence-corrected chi connectivity index (χ2v) is 4.26. The highest BCUT2D eigenvalue weighted by molar-refractivity contribution is 5.42. The van der Waals surface area contributed by atoms with Gasteiger partial charge in [-0.1, -0.05) is 12.1 Å². The van der Waals surface area contributed by atoms with Gasteiger partial charge in [-0.25, -0.2) is 0 Å². The van der Waals surface area contributed by atoms with Crippen molar-refractivity contribution in [1.82, 2.24) is 0 Å². The Hall–Kier alpha value is -1.53. The van der Waals surface area contributed by atoms with Gasteiger partial charge in [-0.2, -0.15) is 5.26 Å². The van der Waals surface area contributed by atoms with Gasteiger partial charge in [-0.05, 0) is 37.8 Å². The van der Waals surface area contributed by atoms with E-state index in [9.17, 15) is 0 Å². The third-order valence-corrected chi connectivity index (χ3v) is 3.02. The van der Waals surface area contributed by atoms with Crippen molar-refractivity contribution in [1.29, 1.82) is 5.26 Å². The average Bonchev–Trinajstić information content (AvgIpc) is 2.33. The lowest BCUT2D eigenvalue weighted by Gasteiger charge is -2.27. The minimum Gasteiger partial charge on any atom is -0.489 e. The summed E-state index contributed by atoms with van der Waals surface area (Å²) in [6.07, 6.45) is 4.22. The van der Waals surface area contributed by atoms with Crippen LogP contribution in [-0.2, 0) is 0 Å². The Morgan fingerprint density at radius 3 is 2.56 bits per heavy atom. The topological polar surface area (TPSA) is 59.0 Å². The molecule has 1 aromatic rings. The molecule has 0 saturated heterocycles. The first-order chi connectivity index (χ1) is 7.79. The van der Waals surface area contributed by atoms with Crippen LogP contribution in [-0.4, -0.2) is 12.1 Å². The summed E-state index contributed by atoms with van der Waals surface area (Å²) in [4.78, 5) is 0. The van der Waals surface area contributed by atoms with E-state index in [1.165, 1.54) is 0 Å². The van der Waals surface area contributed by atoms with Gasteiger partial charge in [-0.15, -0.1) is 0 Å². The van der Waals surface area contributed by atoms with Crippen LogP contribution >= 0.6 is 0 Å². The maximum Gasteiger partial charge on any atom is 0.137 e. The van der Waals surface area contributed by atoms with E-state index in [4.69, 9.17) is 15.7 Å². The number of ether oxygens (including phenoxy) is 1. The van der Waals surface area contributed by atoms with Gasteiger partial charge in [0.2, 0.25) is 0 Å². The van der Waals surface area contributed by atoms with Gasteiger partial charge in [0.05, 0.1) is 11.7 Å². The predicted octanol–water partition coefficient (Wildman–Crippen LogP) is 2.21. The maximum atomic E-state index is 8.94. The summed E-state index contributed by atoms with van der Waals surface area (Å²) in [5.41, 5.74) is 6.45. The number of nitriles is 1.